The number of rotatable bonds is 3. The Morgan fingerprint density at radius 3 is 2.27 bits per heavy atom. The Morgan fingerprint density at radius 1 is 1.23 bits per heavy atom. The highest BCUT2D eigenvalue weighted by Crippen LogP contribution is 2.37. The molecular weight excluding hydrogens is 360 g/mol. The lowest BCUT2D eigenvalue weighted by Crippen LogP contribution is -2.45. The molecule has 1 atom stereocenters. The molecule has 2 nitrogen and oxygen atoms in total. The van der Waals surface area contributed by atoms with Gasteiger partial charge in [0, 0.05) is 32.2 Å². The van der Waals surface area contributed by atoms with Crippen molar-refractivity contribution in [3.63, 3.8) is 0 Å². The van der Waals surface area contributed by atoms with Gasteiger partial charge in [0.15, 0.2) is 0 Å². The molecule has 0 spiro atoms. The van der Waals surface area contributed by atoms with E-state index in [1.807, 2.05) is 6.92 Å². The zero-order chi connectivity index (χ0) is 14.8. The Kier molecular flexibility index (Phi) is 9.10. The maximum Gasteiger partial charge on any atom is 0.417 e. The predicted octanol–water partition coefficient (Wildman–Crippen LogP) is 4.56. The van der Waals surface area contributed by atoms with E-state index in [9.17, 15) is 13.2 Å². The Morgan fingerprint density at radius 2 is 1.82 bits per heavy atom. The van der Waals surface area contributed by atoms with Crippen molar-refractivity contribution in [2.75, 3.05) is 26.2 Å². The van der Waals surface area contributed by atoms with Gasteiger partial charge in [-0.2, -0.15) is 13.2 Å². The van der Waals surface area contributed by atoms with Gasteiger partial charge in [-0.25, -0.2) is 0 Å². The summed E-state index contributed by atoms with van der Waals surface area (Å²) in [5.74, 6) is 0. The standard InChI is InChI=1S/C14H18ClF3N2.2ClH/c1-2-13(20-7-5-19-6-8-20)10-3-4-11(12(15)9-10)14(16,17)18;;/h3-4,9,13,19H,2,5-8H2,1H3;2*1H/t13-;;/m0../s1. The molecule has 8 heteroatoms. The second-order valence-corrected chi connectivity index (χ2v) is 5.35. The van der Waals surface area contributed by atoms with Gasteiger partial charge in [0.25, 0.3) is 0 Å². The van der Waals surface area contributed by atoms with Gasteiger partial charge in [-0.1, -0.05) is 24.6 Å². The van der Waals surface area contributed by atoms with Crippen molar-refractivity contribution in [2.24, 2.45) is 0 Å². The molecule has 1 aromatic rings. The number of nitrogens with one attached hydrogen (secondary N) is 1. The third-order valence-electron chi connectivity index (χ3n) is 3.66. The first-order valence-corrected chi connectivity index (χ1v) is 7.12. The predicted molar refractivity (Wildman–Crippen MR) is 88.4 cm³/mol. The average Bonchev–Trinajstić information content (AvgIpc) is 2.39. The average molecular weight is 380 g/mol. The van der Waals surface area contributed by atoms with Crippen molar-refractivity contribution in [1.82, 2.24) is 10.2 Å². The minimum absolute atomic E-state index is 0. The Balaban J connectivity index is 0.00000220. The number of benzene rings is 1. The summed E-state index contributed by atoms with van der Waals surface area (Å²) in [5.41, 5.74) is 0.0884. The van der Waals surface area contributed by atoms with Gasteiger partial charge in [-0.05, 0) is 24.1 Å². The monoisotopic (exact) mass is 378 g/mol. The van der Waals surface area contributed by atoms with Crippen LogP contribution in [0.15, 0.2) is 18.2 Å². The van der Waals surface area contributed by atoms with Crippen LogP contribution < -0.4 is 5.32 Å². The molecule has 1 fully saturated rings. The van der Waals surface area contributed by atoms with Crippen molar-refractivity contribution in [3.8, 4) is 0 Å². The fourth-order valence-corrected chi connectivity index (χ4v) is 2.96. The molecular formula is C14H20Cl3F3N2. The molecule has 128 valence electrons. The summed E-state index contributed by atoms with van der Waals surface area (Å²) >= 11 is 5.80. The molecule has 1 saturated heterocycles. The summed E-state index contributed by atoms with van der Waals surface area (Å²) in [7, 11) is 0. The highest BCUT2D eigenvalue weighted by atomic mass is 35.5. The third kappa shape index (κ3) is 5.17. The summed E-state index contributed by atoms with van der Waals surface area (Å²) in [6.07, 6.45) is -3.55. The second kappa shape index (κ2) is 9.18. The first kappa shape index (κ1) is 21.8. The molecule has 0 radical (unpaired) electrons. The Hall–Kier alpha value is -0.200. The van der Waals surface area contributed by atoms with Crippen LogP contribution in [-0.4, -0.2) is 31.1 Å². The lowest BCUT2D eigenvalue weighted by atomic mass is 10.00. The summed E-state index contributed by atoms with van der Waals surface area (Å²) in [5, 5.41) is 3.05. The van der Waals surface area contributed by atoms with Crippen molar-refractivity contribution >= 4 is 36.4 Å². The minimum Gasteiger partial charge on any atom is -0.314 e. The number of alkyl halides is 3. The van der Waals surface area contributed by atoms with E-state index in [1.54, 1.807) is 6.07 Å². The zero-order valence-electron chi connectivity index (χ0n) is 12.1. The number of piperazine rings is 1. The van der Waals surface area contributed by atoms with Crippen LogP contribution in [-0.2, 0) is 6.18 Å². The highest BCUT2D eigenvalue weighted by Gasteiger charge is 2.33. The van der Waals surface area contributed by atoms with E-state index in [4.69, 9.17) is 11.6 Å². The van der Waals surface area contributed by atoms with E-state index in [-0.39, 0.29) is 35.9 Å². The number of halogens is 6. The lowest BCUT2D eigenvalue weighted by Gasteiger charge is -2.35. The van der Waals surface area contributed by atoms with Gasteiger partial charge in [0.2, 0.25) is 0 Å². The van der Waals surface area contributed by atoms with Crippen LogP contribution >= 0.6 is 36.4 Å². The van der Waals surface area contributed by atoms with E-state index in [1.165, 1.54) is 6.07 Å². The Labute approximate surface area is 146 Å². The topological polar surface area (TPSA) is 15.3 Å². The minimum atomic E-state index is -4.40. The van der Waals surface area contributed by atoms with E-state index < -0.39 is 11.7 Å². The molecule has 0 unspecified atom stereocenters. The van der Waals surface area contributed by atoms with Crippen molar-refractivity contribution in [1.29, 1.82) is 0 Å². The summed E-state index contributed by atoms with van der Waals surface area (Å²) in [4.78, 5) is 2.29. The molecule has 0 aromatic heterocycles. The fraction of sp³-hybridized carbons (Fsp3) is 0.571. The lowest BCUT2D eigenvalue weighted by molar-refractivity contribution is -0.137. The largest absolute Gasteiger partial charge is 0.417 e. The third-order valence-corrected chi connectivity index (χ3v) is 3.98. The quantitative estimate of drug-likeness (QED) is 0.828. The maximum absolute atomic E-state index is 12.7. The Bertz CT molecular complexity index is 463. The van der Waals surface area contributed by atoms with Gasteiger partial charge in [-0.15, -0.1) is 24.8 Å². The fourth-order valence-electron chi connectivity index (χ4n) is 2.67. The normalized spacial score (nSPS) is 17.3. The number of nitrogens with zero attached hydrogens (tertiary/aromatic N) is 1. The molecule has 0 saturated carbocycles. The maximum atomic E-state index is 12.7. The summed E-state index contributed by atoms with van der Waals surface area (Å²) in [6, 6.07) is 4.21. The number of hydrogen-bond acceptors (Lipinski definition) is 2. The molecule has 1 N–H and O–H groups in total. The molecule has 0 aliphatic carbocycles. The molecule has 1 aliphatic rings. The first-order chi connectivity index (χ1) is 9.43. The molecule has 1 aliphatic heterocycles. The van der Waals surface area contributed by atoms with E-state index in [0.717, 1.165) is 44.2 Å². The van der Waals surface area contributed by atoms with Crippen molar-refractivity contribution in [2.45, 2.75) is 25.6 Å². The second-order valence-electron chi connectivity index (χ2n) is 4.95. The van der Waals surface area contributed by atoms with E-state index in [0.29, 0.717) is 0 Å². The smallest absolute Gasteiger partial charge is 0.314 e. The molecule has 1 aromatic carbocycles. The van der Waals surface area contributed by atoms with Gasteiger partial charge < -0.3 is 5.32 Å². The van der Waals surface area contributed by atoms with Crippen LogP contribution in [0.3, 0.4) is 0 Å². The van der Waals surface area contributed by atoms with E-state index >= 15 is 0 Å². The van der Waals surface area contributed by atoms with Crippen molar-refractivity contribution in [3.05, 3.63) is 34.3 Å². The zero-order valence-corrected chi connectivity index (χ0v) is 14.5. The summed E-state index contributed by atoms with van der Waals surface area (Å²) < 4.78 is 38.1. The molecule has 22 heavy (non-hydrogen) atoms. The molecule has 2 rings (SSSR count). The van der Waals surface area contributed by atoms with Crippen LogP contribution in [0.1, 0.15) is 30.5 Å². The van der Waals surface area contributed by atoms with Gasteiger partial charge in [0.1, 0.15) is 0 Å². The first-order valence-electron chi connectivity index (χ1n) is 6.75. The van der Waals surface area contributed by atoms with Crippen LogP contribution in [0, 0.1) is 0 Å². The molecule has 1 heterocycles. The van der Waals surface area contributed by atoms with Gasteiger partial charge >= 0.3 is 6.18 Å². The van der Waals surface area contributed by atoms with Crippen LogP contribution in [0.4, 0.5) is 13.2 Å². The van der Waals surface area contributed by atoms with Crippen LogP contribution in [0.2, 0.25) is 5.02 Å². The SMILES string of the molecule is CC[C@@H](c1ccc(C(F)(F)F)c(Cl)c1)N1CCNCC1.Cl.Cl. The van der Waals surface area contributed by atoms with Crippen LogP contribution in [0.25, 0.3) is 0 Å². The van der Waals surface area contributed by atoms with Crippen LogP contribution in [0.5, 0.6) is 0 Å². The summed E-state index contributed by atoms with van der Waals surface area (Å²) in [6.45, 7) is 5.66. The van der Waals surface area contributed by atoms with Crippen molar-refractivity contribution < 1.29 is 13.2 Å². The number of hydrogen-bond donors (Lipinski definition) is 1. The van der Waals surface area contributed by atoms with Gasteiger partial charge in [-0.3, -0.25) is 4.90 Å². The molecule has 0 amide bonds. The van der Waals surface area contributed by atoms with E-state index in [2.05, 4.69) is 10.2 Å². The van der Waals surface area contributed by atoms with Gasteiger partial charge in [0.05, 0.1) is 10.6 Å². The molecule has 0 bridgehead atoms. The highest BCUT2D eigenvalue weighted by molar-refractivity contribution is 6.31.